The Labute approximate surface area is 91.8 Å². The molecule has 5 heteroatoms. The minimum absolute atomic E-state index is 0.00958. The second kappa shape index (κ2) is 4.59. The predicted octanol–water partition coefficient (Wildman–Crippen LogP) is 1.17. The van der Waals surface area contributed by atoms with Gasteiger partial charge in [0.15, 0.2) is 0 Å². The van der Waals surface area contributed by atoms with E-state index in [-0.39, 0.29) is 5.91 Å². The van der Waals surface area contributed by atoms with Gasteiger partial charge in [-0.2, -0.15) is 5.10 Å². The van der Waals surface area contributed by atoms with Crippen molar-refractivity contribution in [2.75, 3.05) is 6.54 Å². The summed E-state index contributed by atoms with van der Waals surface area (Å²) in [6.45, 7) is 4.92. The minimum atomic E-state index is -0.503. The molecular formula is C9H14BrN3O. The Hall–Kier alpha value is -0.840. The number of aromatic nitrogens is 2. The van der Waals surface area contributed by atoms with E-state index in [1.807, 2.05) is 26.1 Å². The molecule has 78 valence electrons. The first kappa shape index (κ1) is 11.2. The summed E-state index contributed by atoms with van der Waals surface area (Å²) in [4.78, 5) is 11.4. The number of halogens is 1. The van der Waals surface area contributed by atoms with E-state index < -0.39 is 4.32 Å². The van der Waals surface area contributed by atoms with Gasteiger partial charge in [-0.1, -0.05) is 15.9 Å². The van der Waals surface area contributed by atoms with Crippen LogP contribution in [0.2, 0.25) is 0 Å². The van der Waals surface area contributed by atoms with Crippen molar-refractivity contribution in [1.82, 2.24) is 15.1 Å². The molecule has 0 aliphatic rings. The summed E-state index contributed by atoms with van der Waals surface area (Å²) in [5, 5.41) is 6.84. The molecule has 0 saturated carbocycles. The molecule has 0 aliphatic heterocycles. The Balaban J connectivity index is 2.26. The fraction of sp³-hybridized carbons (Fsp3) is 0.556. The maximum Gasteiger partial charge on any atom is 0.236 e. The summed E-state index contributed by atoms with van der Waals surface area (Å²) >= 11 is 3.29. The monoisotopic (exact) mass is 259 g/mol. The van der Waals surface area contributed by atoms with E-state index >= 15 is 0 Å². The van der Waals surface area contributed by atoms with Crippen molar-refractivity contribution < 1.29 is 4.79 Å². The molecule has 1 rings (SSSR count). The quantitative estimate of drug-likeness (QED) is 0.826. The van der Waals surface area contributed by atoms with Gasteiger partial charge >= 0.3 is 0 Å². The summed E-state index contributed by atoms with van der Waals surface area (Å²) in [5.74, 6) is -0.00958. The lowest BCUT2D eigenvalue weighted by Gasteiger charge is -2.15. The van der Waals surface area contributed by atoms with Crippen molar-refractivity contribution >= 4 is 21.8 Å². The normalized spacial score (nSPS) is 11.4. The summed E-state index contributed by atoms with van der Waals surface area (Å²) in [6, 6.07) is 1.86. The number of alkyl halides is 1. The summed E-state index contributed by atoms with van der Waals surface area (Å²) in [5.41, 5.74) is 0. The molecule has 14 heavy (non-hydrogen) atoms. The van der Waals surface area contributed by atoms with Gasteiger partial charge in [-0.3, -0.25) is 9.48 Å². The molecule has 4 nitrogen and oxygen atoms in total. The maximum atomic E-state index is 11.4. The number of rotatable bonds is 4. The lowest BCUT2D eigenvalue weighted by molar-refractivity contribution is -0.122. The summed E-state index contributed by atoms with van der Waals surface area (Å²) < 4.78 is 1.28. The lowest BCUT2D eigenvalue weighted by atomic mass is 10.2. The van der Waals surface area contributed by atoms with Gasteiger partial charge in [0.05, 0.1) is 10.9 Å². The minimum Gasteiger partial charge on any atom is -0.353 e. The highest BCUT2D eigenvalue weighted by molar-refractivity contribution is 9.10. The third-order valence-corrected chi connectivity index (χ3v) is 2.09. The number of nitrogens with zero attached hydrogens (tertiary/aromatic N) is 2. The molecule has 1 amide bonds. The third-order valence-electron chi connectivity index (χ3n) is 1.73. The van der Waals surface area contributed by atoms with E-state index in [2.05, 4.69) is 26.3 Å². The fourth-order valence-corrected chi connectivity index (χ4v) is 1.07. The maximum absolute atomic E-state index is 11.4. The van der Waals surface area contributed by atoms with Crippen LogP contribution in [-0.4, -0.2) is 26.6 Å². The van der Waals surface area contributed by atoms with Gasteiger partial charge in [-0.25, -0.2) is 0 Å². The van der Waals surface area contributed by atoms with Gasteiger partial charge in [-0.15, -0.1) is 0 Å². The van der Waals surface area contributed by atoms with Crippen LogP contribution in [0.3, 0.4) is 0 Å². The first-order valence-electron chi connectivity index (χ1n) is 4.45. The number of nitrogens with one attached hydrogen (secondary N) is 1. The van der Waals surface area contributed by atoms with Gasteiger partial charge in [0.25, 0.3) is 0 Å². The topological polar surface area (TPSA) is 46.9 Å². The smallest absolute Gasteiger partial charge is 0.236 e. The average Bonchev–Trinajstić information content (AvgIpc) is 2.55. The Bertz CT molecular complexity index is 290. The van der Waals surface area contributed by atoms with E-state index in [4.69, 9.17) is 0 Å². The first-order valence-corrected chi connectivity index (χ1v) is 5.24. The molecular weight excluding hydrogens is 246 g/mol. The van der Waals surface area contributed by atoms with Crippen LogP contribution in [-0.2, 0) is 11.3 Å². The van der Waals surface area contributed by atoms with Crippen LogP contribution in [0, 0.1) is 0 Å². The summed E-state index contributed by atoms with van der Waals surface area (Å²) in [7, 11) is 0. The van der Waals surface area contributed by atoms with Gasteiger partial charge in [0, 0.05) is 18.9 Å². The fourth-order valence-electron chi connectivity index (χ4n) is 0.927. The van der Waals surface area contributed by atoms with E-state index in [9.17, 15) is 4.79 Å². The van der Waals surface area contributed by atoms with Crippen molar-refractivity contribution in [2.45, 2.75) is 24.7 Å². The predicted molar refractivity (Wildman–Crippen MR) is 58.2 cm³/mol. The van der Waals surface area contributed by atoms with Gasteiger partial charge in [0.1, 0.15) is 0 Å². The van der Waals surface area contributed by atoms with Crippen molar-refractivity contribution in [2.24, 2.45) is 0 Å². The highest BCUT2D eigenvalue weighted by atomic mass is 79.9. The largest absolute Gasteiger partial charge is 0.353 e. The van der Waals surface area contributed by atoms with Crippen LogP contribution in [0.4, 0.5) is 0 Å². The van der Waals surface area contributed by atoms with Gasteiger partial charge < -0.3 is 5.32 Å². The van der Waals surface area contributed by atoms with Crippen LogP contribution in [0.15, 0.2) is 18.5 Å². The first-order chi connectivity index (χ1) is 6.50. The van der Waals surface area contributed by atoms with E-state index in [0.717, 1.165) is 0 Å². The van der Waals surface area contributed by atoms with Crippen LogP contribution in [0.1, 0.15) is 13.8 Å². The Morgan fingerprint density at radius 2 is 2.36 bits per heavy atom. The van der Waals surface area contributed by atoms with Crippen LogP contribution < -0.4 is 5.32 Å². The molecule has 1 N–H and O–H groups in total. The number of carbonyl (C=O) groups is 1. The second-order valence-corrected chi connectivity index (χ2v) is 5.48. The van der Waals surface area contributed by atoms with Crippen LogP contribution >= 0.6 is 15.9 Å². The molecule has 1 heterocycles. The lowest BCUT2D eigenvalue weighted by Crippen LogP contribution is -2.39. The van der Waals surface area contributed by atoms with E-state index in [1.54, 1.807) is 10.9 Å². The van der Waals surface area contributed by atoms with E-state index in [0.29, 0.717) is 13.1 Å². The molecule has 0 saturated heterocycles. The van der Waals surface area contributed by atoms with Crippen molar-refractivity contribution in [3.05, 3.63) is 18.5 Å². The molecule has 0 aromatic carbocycles. The molecule has 0 fully saturated rings. The molecule has 0 unspecified atom stereocenters. The summed E-state index contributed by atoms with van der Waals surface area (Å²) in [6.07, 6.45) is 3.58. The molecule has 1 aromatic heterocycles. The molecule has 0 aliphatic carbocycles. The average molecular weight is 260 g/mol. The van der Waals surface area contributed by atoms with Crippen LogP contribution in [0.25, 0.3) is 0 Å². The van der Waals surface area contributed by atoms with E-state index in [1.165, 1.54) is 0 Å². The van der Waals surface area contributed by atoms with Gasteiger partial charge in [-0.05, 0) is 19.9 Å². The second-order valence-electron chi connectivity index (χ2n) is 3.50. The highest BCUT2D eigenvalue weighted by Gasteiger charge is 2.22. The van der Waals surface area contributed by atoms with Crippen molar-refractivity contribution in [1.29, 1.82) is 0 Å². The molecule has 0 atom stereocenters. The Morgan fingerprint density at radius 1 is 1.64 bits per heavy atom. The zero-order valence-electron chi connectivity index (χ0n) is 8.33. The zero-order chi connectivity index (χ0) is 10.6. The number of amides is 1. The zero-order valence-corrected chi connectivity index (χ0v) is 9.91. The molecule has 0 spiro atoms. The van der Waals surface area contributed by atoms with Gasteiger partial charge in [0.2, 0.25) is 5.91 Å². The molecule has 0 radical (unpaired) electrons. The third kappa shape index (κ3) is 3.49. The standard InChI is InChI=1S/C9H14BrN3O/c1-9(2,10)8(14)11-5-7-13-6-3-4-12-13/h3-4,6H,5,7H2,1-2H3,(H,11,14). The molecule has 0 bridgehead atoms. The Morgan fingerprint density at radius 3 is 2.86 bits per heavy atom. The number of hydrogen-bond acceptors (Lipinski definition) is 2. The number of hydrogen-bond donors (Lipinski definition) is 1. The molecule has 1 aromatic rings. The van der Waals surface area contributed by atoms with Crippen LogP contribution in [0.5, 0.6) is 0 Å². The van der Waals surface area contributed by atoms with Crippen molar-refractivity contribution in [3.63, 3.8) is 0 Å². The number of carbonyl (C=O) groups excluding carboxylic acids is 1. The highest BCUT2D eigenvalue weighted by Crippen LogP contribution is 2.14. The van der Waals surface area contributed by atoms with Crippen molar-refractivity contribution in [3.8, 4) is 0 Å². The SMILES string of the molecule is CC(C)(Br)C(=O)NCCn1cccn1. The Kier molecular flexibility index (Phi) is 3.69.